The number of rotatable bonds is 4. The molecule has 98 valence electrons. The maximum Gasteiger partial charge on any atom is 0.256 e. The summed E-state index contributed by atoms with van der Waals surface area (Å²) in [5.41, 5.74) is 7.97. The molecule has 19 heavy (non-hydrogen) atoms. The highest BCUT2D eigenvalue weighted by molar-refractivity contribution is 7.99. The summed E-state index contributed by atoms with van der Waals surface area (Å²) in [4.78, 5) is 8.69. The zero-order valence-electron chi connectivity index (χ0n) is 10.5. The summed E-state index contributed by atoms with van der Waals surface area (Å²) < 4.78 is 7.66. The normalized spacial score (nSPS) is 11.2. The van der Waals surface area contributed by atoms with Gasteiger partial charge in [-0.15, -0.1) is 0 Å². The zero-order valence-corrected chi connectivity index (χ0v) is 11.4. The van der Waals surface area contributed by atoms with Gasteiger partial charge in [-0.3, -0.25) is 0 Å². The molecular weight excluding hydrogens is 260 g/mol. The van der Waals surface area contributed by atoms with Crippen LogP contribution in [0.25, 0.3) is 11.1 Å². The molecule has 0 aliphatic rings. The number of imidazole rings is 1. The van der Waals surface area contributed by atoms with E-state index in [-0.39, 0.29) is 0 Å². The Balaban J connectivity index is 1.67. The maximum absolute atomic E-state index is 5.71. The minimum absolute atomic E-state index is 0.676. The molecule has 6 heteroatoms. The van der Waals surface area contributed by atoms with Crippen LogP contribution < -0.4 is 5.73 Å². The van der Waals surface area contributed by atoms with Crippen molar-refractivity contribution in [1.29, 1.82) is 0 Å². The minimum atomic E-state index is 0.676. The lowest BCUT2D eigenvalue weighted by Gasteiger charge is -1.99. The molecule has 0 saturated carbocycles. The number of benzene rings is 1. The highest BCUT2D eigenvalue weighted by Gasteiger charge is 2.07. The molecule has 3 rings (SSSR count). The second-order valence-electron chi connectivity index (χ2n) is 4.26. The number of fused-ring (bicyclic) bond motifs is 1. The van der Waals surface area contributed by atoms with E-state index in [1.165, 1.54) is 0 Å². The molecule has 5 nitrogen and oxygen atoms in total. The first kappa shape index (κ1) is 12.1. The predicted octanol–water partition coefficient (Wildman–Crippen LogP) is 2.48. The molecule has 0 unspecified atom stereocenters. The lowest BCUT2D eigenvalue weighted by molar-refractivity contribution is 0.489. The van der Waals surface area contributed by atoms with E-state index in [2.05, 4.69) is 9.97 Å². The van der Waals surface area contributed by atoms with Gasteiger partial charge in [0.25, 0.3) is 5.22 Å². The minimum Gasteiger partial charge on any atom is -0.431 e. The average Bonchev–Trinajstić information content (AvgIpc) is 2.95. The quantitative estimate of drug-likeness (QED) is 0.584. The highest BCUT2D eigenvalue weighted by atomic mass is 32.2. The number of anilines is 1. The number of nitrogens with zero attached hydrogens (tertiary/aromatic N) is 3. The Morgan fingerprint density at radius 3 is 3.11 bits per heavy atom. The average molecular weight is 274 g/mol. The van der Waals surface area contributed by atoms with Crippen LogP contribution in [0.15, 0.2) is 40.2 Å². The zero-order chi connectivity index (χ0) is 13.2. The number of thioether (sulfide) groups is 1. The molecule has 2 N–H and O–H groups in total. The van der Waals surface area contributed by atoms with Gasteiger partial charge in [-0.1, -0.05) is 11.8 Å². The number of oxazole rings is 1. The van der Waals surface area contributed by atoms with Gasteiger partial charge >= 0.3 is 0 Å². The van der Waals surface area contributed by atoms with E-state index in [0.29, 0.717) is 10.9 Å². The van der Waals surface area contributed by atoms with Crippen molar-refractivity contribution in [3.05, 3.63) is 36.4 Å². The fraction of sp³-hybridized carbons (Fsp3) is 0.231. The first-order valence-corrected chi connectivity index (χ1v) is 6.96. The van der Waals surface area contributed by atoms with Gasteiger partial charge in [-0.2, -0.15) is 0 Å². The van der Waals surface area contributed by atoms with Crippen LogP contribution in [0.3, 0.4) is 0 Å². The molecule has 0 spiro atoms. The van der Waals surface area contributed by atoms with Gasteiger partial charge < -0.3 is 14.7 Å². The van der Waals surface area contributed by atoms with Crippen LogP contribution >= 0.6 is 11.8 Å². The third-order valence-corrected chi connectivity index (χ3v) is 3.69. The molecule has 0 radical (unpaired) electrons. The van der Waals surface area contributed by atoms with Gasteiger partial charge in [0, 0.05) is 43.4 Å². The van der Waals surface area contributed by atoms with Gasteiger partial charge in [0.05, 0.1) is 0 Å². The van der Waals surface area contributed by atoms with Crippen LogP contribution in [-0.4, -0.2) is 20.3 Å². The van der Waals surface area contributed by atoms with E-state index in [1.54, 1.807) is 17.8 Å². The third-order valence-electron chi connectivity index (χ3n) is 2.87. The molecule has 0 aliphatic heterocycles. The molecule has 1 aromatic carbocycles. The first-order valence-electron chi connectivity index (χ1n) is 5.97. The summed E-state index contributed by atoms with van der Waals surface area (Å²) in [5.74, 6) is 1.94. The van der Waals surface area contributed by atoms with Gasteiger partial charge in [-0.05, 0) is 12.1 Å². The van der Waals surface area contributed by atoms with E-state index in [9.17, 15) is 0 Å². The standard InChI is InChI=1S/C13H14N4OS/c1-17-6-5-15-12(17)4-7-19-13-16-10-3-2-9(14)8-11(10)18-13/h2-3,5-6,8H,4,7,14H2,1H3. The van der Waals surface area contributed by atoms with Crippen molar-refractivity contribution in [2.24, 2.45) is 7.05 Å². The van der Waals surface area contributed by atoms with E-state index in [0.717, 1.165) is 29.1 Å². The molecule has 0 aliphatic carbocycles. The summed E-state index contributed by atoms with van der Waals surface area (Å²) in [7, 11) is 2.00. The molecule has 3 aromatic rings. The second kappa shape index (κ2) is 4.97. The van der Waals surface area contributed by atoms with Crippen molar-refractivity contribution >= 4 is 28.5 Å². The number of hydrogen-bond acceptors (Lipinski definition) is 5. The first-order chi connectivity index (χ1) is 9.22. The van der Waals surface area contributed by atoms with Gasteiger partial charge in [0.2, 0.25) is 0 Å². The lowest BCUT2D eigenvalue weighted by Crippen LogP contribution is -1.98. The number of nitrogen functional groups attached to an aromatic ring is 1. The van der Waals surface area contributed by atoms with Crippen molar-refractivity contribution in [3.63, 3.8) is 0 Å². The van der Waals surface area contributed by atoms with Crippen molar-refractivity contribution in [2.45, 2.75) is 11.6 Å². The van der Waals surface area contributed by atoms with Crippen molar-refractivity contribution in [1.82, 2.24) is 14.5 Å². The Kier molecular flexibility index (Phi) is 3.16. The lowest BCUT2D eigenvalue weighted by atomic mass is 10.3. The van der Waals surface area contributed by atoms with Crippen molar-refractivity contribution in [2.75, 3.05) is 11.5 Å². The van der Waals surface area contributed by atoms with E-state index in [1.807, 2.05) is 36.1 Å². The van der Waals surface area contributed by atoms with E-state index >= 15 is 0 Å². The van der Waals surface area contributed by atoms with Crippen LogP contribution in [0, 0.1) is 0 Å². The Morgan fingerprint density at radius 1 is 1.42 bits per heavy atom. The van der Waals surface area contributed by atoms with E-state index in [4.69, 9.17) is 10.2 Å². The fourth-order valence-corrected chi connectivity index (χ4v) is 2.62. The van der Waals surface area contributed by atoms with E-state index < -0.39 is 0 Å². The number of nitrogens with two attached hydrogens (primary N) is 1. The third kappa shape index (κ3) is 2.58. The molecule has 0 saturated heterocycles. The summed E-state index contributed by atoms with van der Waals surface area (Å²) in [6.07, 6.45) is 4.64. The fourth-order valence-electron chi connectivity index (χ4n) is 1.85. The van der Waals surface area contributed by atoms with Crippen LogP contribution in [0.4, 0.5) is 5.69 Å². The summed E-state index contributed by atoms with van der Waals surface area (Å²) >= 11 is 1.59. The Hall–Kier alpha value is -1.95. The Labute approximate surface area is 114 Å². The highest BCUT2D eigenvalue weighted by Crippen LogP contribution is 2.25. The van der Waals surface area contributed by atoms with Crippen LogP contribution in [0.1, 0.15) is 5.82 Å². The molecule has 0 bridgehead atoms. The predicted molar refractivity (Wildman–Crippen MR) is 76.1 cm³/mol. The Morgan fingerprint density at radius 2 is 2.32 bits per heavy atom. The SMILES string of the molecule is Cn1ccnc1CCSc1nc2ccc(N)cc2o1. The molecule has 0 amide bonds. The van der Waals surface area contributed by atoms with Gasteiger partial charge in [-0.25, -0.2) is 9.97 Å². The van der Waals surface area contributed by atoms with Crippen molar-refractivity contribution in [3.8, 4) is 0 Å². The Bertz CT molecular complexity index is 704. The van der Waals surface area contributed by atoms with Crippen LogP contribution in [0.2, 0.25) is 0 Å². The molecule has 2 aromatic heterocycles. The van der Waals surface area contributed by atoms with Gasteiger partial charge in [0.15, 0.2) is 5.58 Å². The second-order valence-corrected chi connectivity index (χ2v) is 5.31. The summed E-state index contributed by atoms with van der Waals surface area (Å²) in [6.45, 7) is 0. The topological polar surface area (TPSA) is 69.9 Å². The molecule has 0 fully saturated rings. The number of aryl methyl sites for hydroxylation is 2. The van der Waals surface area contributed by atoms with Gasteiger partial charge in [0.1, 0.15) is 11.3 Å². The smallest absolute Gasteiger partial charge is 0.256 e. The monoisotopic (exact) mass is 274 g/mol. The summed E-state index contributed by atoms with van der Waals surface area (Å²) in [5, 5.41) is 0.676. The molecular formula is C13H14N4OS. The molecule has 0 atom stereocenters. The maximum atomic E-state index is 5.71. The molecule has 2 heterocycles. The van der Waals surface area contributed by atoms with Crippen LogP contribution in [-0.2, 0) is 13.5 Å². The largest absolute Gasteiger partial charge is 0.431 e. The van der Waals surface area contributed by atoms with Crippen molar-refractivity contribution < 1.29 is 4.42 Å². The van der Waals surface area contributed by atoms with Crippen LogP contribution in [0.5, 0.6) is 0 Å². The number of hydrogen-bond donors (Lipinski definition) is 1. The number of aromatic nitrogens is 3. The summed E-state index contributed by atoms with van der Waals surface area (Å²) in [6, 6.07) is 5.50.